The number of nitrogens with zero attached hydrogens (tertiary/aromatic N) is 4. The molecule has 0 spiro atoms. The summed E-state index contributed by atoms with van der Waals surface area (Å²) >= 11 is 15.5. The fourth-order valence-corrected chi connectivity index (χ4v) is 3.08. The van der Waals surface area contributed by atoms with Gasteiger partial charge < -0.3 is 0 Å². The van der Waals surface area contributed by atoms with Gasteiger partial charge in [0.2, 0.25) is 0 Å². The fraction of sp³-hybridized carbons (Fsp3) is 0. The Morgan fingerprint density at radius 3 is 2.76 bits per heavy atom. The van der Waals surface area contributed by atoms with E-state index in [1.807, 2.05) is 0 Å². The smallest absolute Gasteiger partial charge is 0.188 e. The van der Waals surface area contributed by atoms with Gasteiger partial charge in [-0.1, -0.05) is 23.2 Å². The molecule has 1 aromatic carbocycles. The Kier molecular flexibility index (Phi) is 4.26. The molecule has 2 aromatic heterocycles. The van der Waals surface area contributed by atoms with Gasteiger partial charge in [-0.2, -0.15) is 9.19 Å². The van der Waals surface area contributed by atoms with Gasteiger partial charge in [0.25, 0.3) is 0 Å². The van der Waals surface area contributed by atoms with Gasteiger partial charge in [0.1, 0.15) is 10.3 Å². The van der Waals surface area contributed by atoms with E-state index >= 15 is 0 Å². The minimum absolute atomic E-state index is 0.000458. The zero-order valence-electron chi connectivity index (χ0n) is 10.2. The van der Waals surface area contributed by atoms with Crippen LogP contribution in [0.25, 0.3) is 17.2 Å². The molecule has 4 nitrogen and oxygen atoms in total. The average molecular weight is 408 g/mol. The maximum absolute atomic E-state index is 12.9. The molecule has 21 heavy (non-hydrogen) atoms. The van der Waals surface area contributed by atoms with Crippen LogP contribution in [0.15, 0.2) is 41.3 Å². The Bertz CT molecular complexity index is 804. The largest absolute Gasteiger partial charge is 0.296 e. The van der Waals surface area contributed by atoms with E-state index in [0.29, 0.717) is 31.9 Å². The van der Waals surface area contributed by atoms with Gasteiger partial charge in [-0.25, -0.2) is 4.98 Å². The highest BCUT2D eigenvalue weighted by atomic mass is 79.9. The van der Waals surface area contributed by atoms with Crippen molar-refractivity contribution in [3.63, 3.8) is 0 Å². The van der Waals surface area contributed by atoms with E-state index in [-0.39, 0.29) is 12.3 Å². The van der Waals surface area contributed by atoms with E-state index in [1.54, 1.807) is 35.0 Å². The van der Waals surface area contributed by atoms with E-state index in [0.717, 1.165) is 4.09 Å². The Morgan fingerprint density at radius 1 is 1.24 bits per heavy atom. The first-order valence-corrected chi connectivity index (χ1v) is 7.86. The molecule has 2 heterocycles. The summed E-state index contributed by atoms with van der Waals surface area (Å²) in [6.45, 7) is 0. The van der Waals surface area contributed by atoms with Crippen LogP contribution in [0.4, 0.5) is 3.89 Å². The molecule has 0 unspecified atom stereocenters. The minimum Gasteiger partial charge on any atom is -0.296 e. The second-order valence-corrected chi connectivity index (χ2v) is 6.15. The molecule has 0 aliphatic heterocycles. The third-order valence-corrected chi connectivity index (χ3v) is 4.09. The molecule has 108 valence electrons. The zero-order valence-corrected chi connectivity index (χ0v) is 14.1. The summed E-state index contributed by atoms with van der Waals surface area (Å²) in [5.74, 6) is 0.508. The van der Waals surface area contributed by atoms with Gasteiger partial charge in [0.05, 0.1) is 16.9 Å². The highest BCUT2D eigenvalue weighted by molar-refractivity contribution is 9.10. The molecule has 3 rings (SSSR count). The van der Waals surface area contributed by atoms with Crippen molar-refractivity contribution in [1.29, 1.82) is 0 Å². The van der Waals surface area contributed by atoms with E-state index in [2.05, 4.69) is 26.0 Å². The summed E-state index contributed by atoms with van der Waals surface area (Å²) in [7, 11) is 0. The summed E-state index contributed by atoms with van der Waals surface area (Å²) in [6, 6.07) is 6.80. The zero-order chi connectivity index (χ0) is 15.0. The van der Waals surface area contributed by atoms with Crippen LogP contribution in [-0.2, 0) is 0 Å². The third kappa shape index (κ3) is 2.83. The van der Waals surface area contributed by atoms with Crippen molar-refractivity contribution in [1.82, 2.24) is 18.7 Å². The number of benzene rings is 1. The standard InChI is InChI=1S/C12H6BrCl2FN4S/c13-11-6-19(9-2-1-7(14)5-8(9)15)12(18-11)10-3-4-17-20(10)21-16/h1-6H. The van der Waals surface area contributed by atoms with Crippen LogP contribution in [0.5, 0.6) is 0 Å². The van der Waals surface area contributed by atoms with Crippen LogP contribution in [-0.4, -0.2) is 18.7 Å². The molecule has 3 aromatic rings. The van der Waals surface area contributed by atoms with Crippen molar-refractivity contribution in [3.05, 3.63) is 51.3 Å². The van der Waals surface area contributed by atoms with Gasteiger partial charge in [-0.3, -0.25) is 4.57 Å². The molecule has 0 aliphatic carbocycles. The molecule has 0 atom stereocenters. The molecule has 0 amide bonds. The normalized spacial score (nSPS) is 11.0. The number of aromatic nitrogens is 4. The lowest BCUT2D eigenvalue weighted by molar-refractivity contribution is 0.875. The Morgan fingerprint density at radius 2 is 2.05 bits per heavy atom. The maximum Gasteiger partial charge on any atom is 0.188 e. The second kappa shape index (κ2) is 6.00. The first-order valence-electron chi connectivity index (χ1n) is 5.64. The second-order valence-electron chi connectivity index (χ2n) is 4.01. The molecule has 0 aliphatic rings. The van der Waals surface area contributed by atoms with Gasteiger partial charge in [-0.05, 0) is 40.2 Å². The first-order chi connectivity index (χ1) is 10.1. The third-order valence-electron chi connectivity index (χ3n) is 2.75. The first kappa shape index (κ1) is 14.9. The van der Waals surface area contributed by atoms with Gasteiger partial charge >= 0.3 is 0 Å². The molecular formula is C12H6BrCl2FN4S. The van der Waals surface area contributed by atoms with Crippen molar-refractivity contribution >= 4 is 51.5 Å². The molecule has 0 saturated heterocycles. The molecule has 0 saturated carbocycles. The van der Waals surface area contributed by atoms with Crippen LogP contribution in [0.1, 0.15) is 0 Å². The molecule has 0 radical (unpaired) electrons. The number of hydrogen-bond donors (Lipinski definition) is 0. The number of halogens is 4. The van der Waals surface area contributed by atoms with Crippen molar-refractivity contribution in [2.24, 2.45) is 0 Å². The monoisotopic (exact) mass is 406 g/mol. The summed E-state index contributed by atoms with van der Waals surface area (Å²) in [5.41, 5.74) is 1.20. The lowest BCUT2D eigenvalue weighted by Crippen LogP contribution is -2.00. The van der Waals surface area contributed by atoms with Crippen LogP contribution in [0.3, 0.4) is 0 Å². The summed E-state index contributed by atoms with van der Waals surface area (Å²) in [4.78, 5) is 4.35. The van der Waals surface area contributed by atoms with Crippen LogP contribution in [0.2, 0.25) is 10.0 Å². The Labute approximate surface area is 142 Å². The van der Waals surface area contributed by atoms with E-state index in [1.165, 1.54) is 6.20 Å². The quantitative estimate of drug-likeness (QED) is 0.599. The molecule has 0 bridgehead atoms. The van der Waals surface area contributed by atoms with Crippen molar-refractivity contribution in [2.45, 2.75) is 0 Å². The van der Waals surface area contributed by atoms with E-state index in [4.69, 9.17) is 23.2 Å². The average Bonchev–Trinajstić information content (AvgIpc) is 3.04. The summed E-state index contributed by atoms with van der Waals surface area (Å²) in [5, 5.41) is 4.87. The van der Waals surface area contributed by atoms with Crippen LogP contribution < -0.4 is 0 Å². The van der Waals surface area contributed by atoms with E-state index < -0.39 is 0 Å². The summed E-state index contributed by atoms with van der Waals surface area (Å²) < 4.78 is 16.4. The van der Waals surface area contributed by atoms with Gasteiger partial charge in [0.15, 0.2) is 18.2 Å². The minimum atomic E-state index is -0.000458. The molecule has 0 fully saturated rings. The Hall–Kier alpha value is -1.02. The predicted molar refractivity (Wildman–Crippen MR) is 86.6 cm³/mol. The Balaban J connectivity index is 2.20. The highest BCUT2D eigenvalue weighted by Gasteiger charge is 2.17. The van der Waals surface area contributed by atoms with Gasteiger partial charge in [0, 0.05) is 11.2 Å². The maximum atomic E-state index is 12.9. The molecular weight excluding hydrogens is 402 g/mol. The van der Waals surface area contributed by atoms with E-state index in [9.17, 15) is 3.89 Å². The molecule has 9 heteroatoms. The van der Waals surface area contributed by atoms with Crippen molar-refractivity contribution in [2.75, 3.05) is 0 Å². The topological polar surface area (TPSA) is 35.6 Å². The fourth-order valence-electron chi connectivity index (χ4n) is 1.90. The van der Waals surface area contributed by atoms with Crippen LogP contribution >= 0.6 is 51.5 Å². The number of rotatable bonds is 3. The predicted octanol–water partition coefficient (Wildman–Crippen LogP) is 5.19. The number of imidazole rings is 1. The number of hydrogen-bond acceptors (Lipinski definition) is 3. The lowest BCUT2D eigenvalue weighted by atomic mass is 10.3. The molecule has 0 N–H and O–H groups in total. The lowest BCUT2D eigenvalue weighted by Gasteiger charge is -2.09. The SMILES string of the molecule is FSn1nccc1-c1nc(Br)cn1-c1ccc(Cl)cc1Cl. The van der Waals surface area contributed by atoms with Crippen LogP contribution in [0, 0.1) is 0 Å². The highest BCUT2D eigenvalue weighted by Crippen LogP contribution is 2.31. The summed E-state index contributed by atoms with van der Waals surface area (Å²) in [6.07, 6.45) is 3.24. The van der Waals surface area contributed by atoms with Gasteiger partial charge in [-0.15, -0.1) is 3.89 Å². The van der Waals surface area contributed by atoms with Crippen molar-refractivity contribution in [3.8, 4) is 17.2 Å². The van der Waals surface area contributed by atoms with Crippen molar-refractivity contribution < 1.29 is 3.89 Å².